The highest BCUT2D eigenvalue weighted by molar-refractivity contribution is 6.17. The lowest BCUT2D eigenvalue weighted by Crippen LogP contribution is -2.35. The number of alkyl halides is 3. The van der Waals surface area contributed by atoms with Crippen molar-refractivity contribution in [2.45, 2.75) is 12.3 Å². The van der Waals surface area contributed by atoms with Crippen LogP contribution in [0.4, 0.5) is 23.2 Å². The number of aromatic hydroxyl groups is 1. The van der Waals surface area contributed by atoms with Crippen molar-refractivity contribution in [3.05, 3.63) is 88.4 Å². The number of phenols is 1. The molecule has 1 heterocycles. The monoisotopic (exact) mass is 474 g/mol. The molecular weight excluding hydrogens is 456 g/mol. The number of ketones is 1. The molecular formula is C24H18F4N2O4. The van der Waals surface area contributed by atoms with E-state index in [4.69, 9.17) is 10.1 Å². The van der Waals surface area contributed by atoms with Gasteiger partial charge in [-0.25, -0.2) is 4.39 Å². The highest BCUT2D eigenvalue weighted by Crippen LogP contribution is 2.41. The maximum absolute atomic E-state index is 14.4. The molecule has 1 aliphatic heterocycles. The number of aliphatic hydroxyl groups excluding tert-OH is 1. The number of benzene rings is 2. The van der Waals surface area contributed by atoms with Gasteiger partial charge in [-0.2, -0.15) is 13.2 Å². The molecule has 2 aromatic carbocycles. The molecule has 0 saturated carbocycles. The Hall–Kier alpha value is -3.92. The minimum atomic E-state index is -4.89. The van der Waals surface area contributed by atoms with Gasteiger partial charge in [0, 0.05) is 35.2 Å². The number of nitrogens with one attached hydrogen (secondary N) is 1. The first-order chi connectivity index (χ1) is 16.0. The fraction of sp³-hybridized carbons (Fsp3) is 0.167. The van der Waals surface area contributed by atoms with Crippen molar-refractivity contribution in [3.63, 3.8) is 0 Å². The molecule has 0 aromatic heterocycles. The minimum absolute atomic E-state index is 0.00684. The number of aliphatic hydroxyl groups is 1. The molecule has 0 amide bonds. The van der Waals surface area contributed by atoms with Gasteiger partial charge in [0.05, 0.1) is 12.7 Å². The summed E-state index contributed by atoms with van der Waals surface area (Å²) in [6.45, 7) is -0.0551. The summed E-state index contributed by atoms with van der Waals surface area (Å²) in [5.74, 6) is -2.58. The van der Waals surface area contributed by atoms with Crippen molar-refractivity contribution >= 4 is 22.9 Å². The summed E-state index contributed by atoms with van der Waals surface area (Å²) in [6.07, 6.45) is -3.83. The maximum Gasteiger partial charge on any atom is 0.419 e. The summed E-state index contributed by atoms with van der Waals surface area (Å²) < 4.78 is 58.6. The van der Waals surface area contributed by atoms with E-state index in [0.717, 1.165) is 12.1 Å². The zero-order valence-corrected chi connectivity index (χ0v) is 17.7. The van der Waals surface area contributed by atoms with Crippen LogP contribution in [-0.2, 0) is 15.7 Å². The van der Waals surface area contributed by atoms with Crippen LogP contribution in [0.1, 0.15) is 11.1 Å². The van der Waals surface area contributed by atoms with Crippen LogP contribution >= 0.6 is 0 Å². The number of fused-ring (bicyclic) bond motifs is 1. The van der Waals surface area contributed by atoms with Crippen molar-refractivity contribution in [1.82, 2.24) is 0 Å². The van der Waals surface area contributed by atoms with E-state index < -0.39 is 29.4 Å². The van der Waals surface area contributed by atoms with Crippen LogP contribution in [0, 0.1) is 11.2 Å². The van der Waals surface area contributed by atoms with E-state index in [-0.39, 0.29) is 46.0 Å². The van der Waals surface area contributed by atoms with Gasteiger partial charge in [0.1, 0.15) is 17.7 Å². The number of carbonyl (C=O) groups is 1. The number of nitrogens with zero attached hydrogens (tertiary/aromatic N) is 1. The van der Waals surface area contributed by atoms with Crippen LogP contribution in [-0.4, -0.2) is 41.7 Å². The number of methoxy groups -OCH3 is 1. The Morgan fingerprint density at radius 3 is 2.44 bits per heavy atom. The lowest BCUT2D eigenvalue weighted by molar-refractivity contribution is -0.140. The lowest BCUT2D eigenvalue weighted by Gasteiger charge is -2.34. The van der Waals surface area contributed by atoms with Crippen LogP contribution in [0.25, 0.3) is 5.57 Å². The Labute approximate surface area is 191 Å². The molecule has 0 radical (unpaired) electrons. The number of halogens is 4. The SMILES string of the molecule is COC(=N)C1=CC(O)C(=O)C2=C(c3ccc(C(F)(F)F)c(F)c3)CN(c3ccc(O)cc3)C=C12. The Kier molecular flexibility index (Phi) is 5.78. The molecule has 3 N–H and O–H groups in total. The van der Waals surface area contributed by atoms with Crippen LogP contribution in [0.2, 0.25) is 0 Å². The fourth-order valence-electron chi connectivity index (χ4n) is 3.92. The van der Waals surface area contributed by atoms with E-state index in [2.05, 4.69) is 0 Å². The number of hydrogen-bond acceptors (Lipinski definition) is 6. The minimum Gasteiger partial charge on any atom is -0.508 e. The lowest BCUT2D eigenvalue weighted by atomic mass is 9.79. The van der Waals surface area contributed by atoms with E-state index in [0.29, 0.717) is 17.8 Å². The molecule has 34 heavy (non-hydrogen) atoms. The van der Waals surface area contributed by atoms with Crippen molar-refractivity contribution < 1.29 is 37.3 Å². The second-order valence-corrected chi connectivity index (χ2v) is 7.66. The zero-order chi connectivity index (χ0) is 24.8. The van der Waals surface area contributed by atoms with Crippen LogP contribution < -0.4 is 4.90 Å². The molecule has 10 heteroatoms. The molecule has 2 aliphatic rings. The molecule has 1 unspecified atom stereocenters. The highest BCUT2D eigenvalue weighted by atomic mass is 19.4. The summed E-state index contributed by atoms with van der Waals surface area (Å²) in [5.41, 5.74) is -0.468. The number of ether oxygens (including phenoxy) is 1. The van der Waals surface area contributed by atoms with E-state index in [1.807, 2.05) is 0 Å². The average molecular weight is 474 g/mol. The first kappa shape index (κ1) is 23.2. The van der Waals surface area contributed by atoms with Crippen molar-refractivity contribution in [1.29, 1.82) is 5.41 Å². The molecule has 2 aromatic rings. The largest absolute Gasteiger partial charge is 0.508 e. The predicted molar refractivity (Wildman–Crippen MR) is 116 cm³/mol. The zero-order valence-electron chi connectivity index (χ0n) is 17.7. The second kappa shape index (κ2) is 8.45. The van der Waals surface area contributed by atoms with Crippen molar-refractivity contribution in [2.24, 2.45) is 0 Å². The van der Waals surface area contributed by atoms with Gasteiger partial charge in [-0.3, -0.25) is 10.2 Å². The number of phenolic OH excluding ortho intramolecular Hbond substituents is 1. The van der Waals surface area contributed by atoms with Gasteiger partial charge in [0.2, 0.25) is 5.90 Å². The smallest absolute Gasteiger partial charge is 0.419 e. The summed E-state index contributed by atoms with van der Waals surface area (Å²) in [5, 5.41) is 28.0. The standard InChI is InChI=1S/C24H18F4N2O4/c1-34-23(29)15-9-20(32)22(33)21-16(12-2-7-18(19(25)8-12)24(26,27)28)10-30(11-17(15)21)13-3-5-14(31)6-4-13/h2-9,11,20,29,31-32H,10H2,1H3. The average Bonchev–Trinajstić information content (AvgIpc) is 2.79. The van der Waals surface area contributed by atoms with Gasteiger partial charge in [-0.15, -0.1) is 0 Å². The third kappa shape index (κ3) is 4.08. The van der Waals surface area contributed by atoms with E-state index in [1.165, 1.54) is 25.4 Å². The first-order valence-corrected chi connectivity index (χ1v) is 9.96. The van der Waals surface area contributed by atoms with Gasteiger partial charge in [0.15, 0.2) is 5.78 Å². The van der Waals surface area contributed by atoms with Crippen LogP contribution in [0.5, 0.6) is 5.75 Å². The quantitative estimate of drug-likeness (QED) is 0.352. The Balaban J connectivity index is 1.94. The van der Waals surface area contributed by atoms with Crippen molar-refractivity contribution in [2.75, 3.05) is 18.6 Å². The van der Waals surface area contributed by atoms with Gasteiger partial charge in [-0.1, -0.05) is 6.07 Å². The molecule has 0 fully saturated rings. The molecule has 0 saturated heterocycles. The first-order valence-electron chi connectivity index (χ1n) is 9.96. The maximum atomic E-state index is 14.4. The van der Waals surface area contributed by atoms with Crippen molar-refractivity contribution in [3.8, 4) is 5.75 Å². The number of hydrogen-bond donors (Lipinski definition) is 3. The van der Waals surface area contributed by atoms with E-state index >= 15 is 0 Å². The summed E-state index contributed by atoms with van der Waals surface area (Å²) >= 11 is 0. The van der Waals surface area contributed by atoms with Crippen LogP contribution in [0.3, 0.4) is 0 Å². The third-order valence-electron chi connectivity index (χ3n) is 5.57. The normalized spacial score (nSPS) is 18.4. The second-order valence-electron chi connectivity index (χ2n) is 7.66. The Morgan fingerprint density at radius 1 is 1.18 bits per heavy atom. The Morgan fingerprint density at radius 2 is 1.85 bits per heavy atom. The van der Waals surface area contributed by atoms with E-state index in [1.54, 1.807) is 17.0 Å². The fourth-order valence-corrected chi connectivity index (χ4v) is 3.92. The molecule has 4 rings (SSSR count). The summed E-state index contributed by atoms with van der Waals surface area (Å²) in [4.78, 5) is 14.6. The van der Waals surface area contributed by atoms with Gasteiger partial charge in [-0.05, 0) is 53.6 Å². The molecule has 1 aliphatic carbocycles. The van der Waals surface area contributed by atoms with Gasteiger partial charge < -0.3 is 19.8 Å². The van der Waals surface area contributed by atoms with Gasteiger partial charge >= 0.3 is 6.18 Å². The molecule has 6 nitrogen and oxygen atoms in total. The predicted octanol–water partition coefficient (Wildman–Crippen LogP) is 4.20. The van der Waals surface area contributed by atoms with E-state index in [9.17, 15) is 32.6 Å². The molecule has 176 valence electrons. The third-order valence-corrected chi connectivity index (χ3v) is 5.57. The number of rotatable bonds is 3. The summed E-state index contributed by atoms with van der Waals surface area (Å²) in [7, 11) is 1.24. The Bertz CT molecular complexity index is 1280. The van der Waals surface area contributed by atoms with Gasteiger partial charge in [0.25, 0.3) is 0 Å². The molecule has 0 spiro atoms. The molecule has 0 bridgehead atoms. The number of carbonyl (C=O) groups excluding carboxylic acids is 1. The molecule has 1 atom stereocenters. The summed E-state index contributed by atoms with van der Waals surface area (Å²) in [6, 6.07) is 8.36. The number of anilines is 1. The number of Topliss-reactive ketones (excluding diaryl/α,β-unsaturated/α-hetero) is 1. The topological polar surface area (TPSA) is 93.8 Å². The highest BCUT2D eigenvalue weighted by Gasteiger charge is 2.38. The van der Waals surface area contributed by atoms with Crippen LogP contribution in [0.15, 0.2) is 71.5 Å².